The monoisotopic (exact) mass is 217 g/mol. The molecule has 0 aliphatic carbocycles. The van der Waals surface area contributed by atoms with Gasteiger partial charge < -0.3 is 10.4 Å². The number of nitrogens with zero attached hydrogens (tertiary/aromatic N) is 2. The molecule has 0 fully saturated rings. The van der Waals surface area contributed by atoms with Crippen LogP contribution in [0.3, 0.4) is 0 Å². The third-order valence-electron chi connectivity index (χ3n) is 1.41. The molecule has 0 aliphatic rings. The van der Waals surface area contributed by atoms with Crippen molar-refractivity contribution in [1.82, 2.24) is 4.98 Å². The molecule has 0 aliphatic heterocycles. The number of aliphatic hydroxyl groups is 1. The molecule has 0 saturated heterocycles. The molecule has 14 heavy (non-hydrogen) atoms. The van der Waals surface area contributed by atoms with Crippen LogP contribution in [0.4, 0.5) is 11.5 Å². The van der Waals surface area contributed by atoms with Crippen molar-refractivity contribution < 1.29 is 10.0 Å². The van der Waals surface area contributed by atoms with Crippen molar-refractivity contribution in [2.75, 3.05) is 18.5 Å². The summed E-state index contributed by atoms with van der Waals surface area (Å²) in [4.78, 5) is 13.7. The van der Waals surface area contributed by atoms with E-state index in [2.05, 4.69) is 10.3 Å². The molecule has 1 rings (SSSR count). The molecular formula is C7H8ClN3O3. The van der Waals surface area contributed by atoms with Crippen LogP contribution in [0.2, 0.25) is 5.15 Å². The van der Waals surface area contributed by atoms with Gasteiger partial charge in [-0.1, -0.05) is 11.6 Å². The fourth-order valence-corrected chi connectivity index (χ4v) is 1.07. The second-order valence-corrected chi connectivity index (χ2v) is 2.83. The van der Waals surface area contributed by atoms with E-state index in [4.69, 9.17) is 16.7 Å². The Morgan fingerprint density at radius 1 is 1.64 bits per heavy atom. The van der Waals surface area contributed by atoms with E-state index in [9.17, 15) is 10.1 Å². The van der Waals surface area contributed by atoms with Crippen LogP contribution in [0, 0.1) is 10.1 Å². The van der Waals surface area contributed by atoms with Crippen molar-refractivity contribution in [3.8, 4) is 0 Å². The Kier molecular flexibility index (Phi) is 3.61. The fraction of sp³-hybridized carbons (Fsp3) is 0.286. The van der Waals surface area contributed by atoms with Crippen molar-refractivity contribution in [1.29, 1.82) is 0 Å². The Balaban J connectivity index is 2.89. The van der Waals surface area contributed by atoms with E-state index >= 15 is 0 Å². The van der Waals surface area contributed by atoms with Gasteiger partial charge in [-0.25, -0.2) is 4.98 Å². The molecule has 1 aromatic rings. The molecule has 76 valence electrons. The maximum absolute atomic E-state index is 10.4. The van der Waals surface area contributed by atoms with Crippen LogP contribution in [-0.2, 0) is 0 Å². The predicted molar refractivity (Wildman–Crippen MR) is 51.5 cm³/mol. The van der Waals surface area contributed by atoms with Crippen molar-refractivity contribution >= 4 is 23.1 Å². The highest BCUT2D eigenvalue weighted by Gasteiger charge is 2.09. The zero-order chi connectivity index (χ0) is 10.6. The lowest BCUT2D eigenvalue weighted by atomic mass is 10.4. The van der Waals surface area contributed by atoms with Crippen molar-refractivity contribution in [2.45, 2.75) is 0 Å². The fourth-order valence-electron chi connectivity index (χ4n) is 0.863. The first-order valence-electron chi connectivity index (χ1n) is 3.80. The zero-order valence-corrected chi connectivity index (χ0v) is 7.86. The molecule has 2 N–H and O–H groups in total. The summed E-state index contributed by atoms with van der Waals surface area (Å²) in [6, 6.07) is 2.41. The Bertz CT molecular complexity index is 345. The van der Waals surface area contributed by atoms with Gasteiger partial charge in [0.1, 0.15) is 11.0 Å². The van der Waals surface area contributed by atoms with Gasteiger partial charge in [-0.15, -0.1) is 0 Å². The maximum atomic E-state index is 10.4. The molecule has 7 heteroatoms. The number of halogens is 1. The van der Waals surface area contributed by atoms with Gasteiger partial charge in [-0.3, -0.25) is 10.1 Å². The number of hydrogen-bond donors (Lipinski definition) is 2. The summed E-state index contributed by atoms with van der Waals surface area (Å²) in [5.74, 6) is 0.276. The first-order chi connectivity index (χ1) is 6.63. The summed E-state index contributed by atoms with van der Waals surface area (Å²) in [6.07, 6.45) is 0. The molecule has 1 heterocycles. The largest absolute Gasteiger partial charge is 0.395 e. The first kappa shape index (κ1) is 10.7. The third kappa shape index (κ3) is 2.82. The minimum atomic E-state index is -0.558. The Hall–Kier alpha value is -1.40. The normalized spacial score (nSPS) is 9.86. The molecule has 0 radical (unpaired) electrons. The Labute approximate surface area is 84.7 Å². The summed E-state index contributed by atoms with van der Waals surface area (Å²) in [6.45, 7) is 0.187. The van der Waals surface area contributed by atoms with Gasteiger partial charge in [-0.05, 0) is 0 Å². The van der Waals surface area contributed by atoms with Crippen LogP contribution in [0.1, 0.15) is 0 Å². The summed E-state index contributed by atoms with van der Waals surface area (Å²) in [7, 11) is 0. The van der Waals surface area contributed by atoms with E-state index in [1.165, 1.54) is 6.07 Å². The van der Waals surface area contributed by atoms with Crippen LogP contribution in [0.25, 0.3) is 0 Å². The van der Waals surface area contributed by atoms with E-state index in [-0.39, 0.29) is 29.8 Å². The molecule has 0 spiro atoms. The molecule has 0 amide bonds. The van der Waals surface area contributed by atoms with Crippen LogP contribution >= 0.6 is 11.6 Å². The molecule has 0 aromatic carbocycles. The second-order valence-electron chi connectivity index (χ2n) is 2.44. The highest BCUT2D eigenvalue weighted by atomic mass is 35.5. The van der Waals surface area contributed by atoms with E-state index in [1.807, 2.05) is 0 Å². The predicted octanol–water partition coefficient (Wildman–Crippen LogP) is 1.05. The number of nitro groups is 1. The van der Waals surface area contributed by atoms with Crippen molar-refractivity contribution in [3.63, 3.8) is 0 Å². The van der Waals surface area contributed by atoms with Crippen LogP contribution in [0.5, 0.6) is 0 Å². The molecule has 0 bridgehead atoms. The lowest BCUT2D eigenvalue weighted by molar-refractivity contribution is -0.384. The van der Waals surface area contributed by atoms with Gasteiger partial charge in [0.25, 0.3) is 5.69 Å². The van der Waals surface area contributed by atoms with Gasteiger partial charge in [-0.2, -0.15) is 0 Å². The number of pyridine rings is 1. The molecule has 1 aromatic heterocycles. The number of anilines is 1. The molecule has 0 atom stereocenters. The molecule has 0 saturated carbocycles. The molecular weight excluding hydrogens is 210 g/mol. The van der Waals surface area contributed by atoms with Crippen molar-refractivity contribution in [3.05, 3.63) is 27.4 Å². The van der Waals surface area contributed by atoms with E-state index < -0.39 is 4.92 Å². The minimum absolute atomic E-state index is 0.0413. The third-order valence-corrected chi connectivity index (χ3v) is 1.60. The highest BCUT2D eigenvalue weighted by Crippen LogP contribution is 2.20. The van der Waals surface area contributed by atoms with E-state index in [0.29, 0.717) is 0 Å². The summed E-state index contributed by atoms with van der Waals surface area (Å²) >= 11 is 5.55. The van der Waals surface area contributed by atoms with Gasteiger partial charge in [0, 0.05) is 6.54 Å². The minimum Gasteiger partial charge on any atom is -0.395 e. The number of nitrogens with one attached hydrogen (secondary N) is 1. The van der Waals surface area contributed by atoms with Gasteiger partial charge in [0.15, 0.2) is 0 Å². The zero-order valence-electron chi connectivity index (χ0n) is 7.11. The van der Waals surface area contributed by atoms with Crippen molar-refractivity contribution in [2.24, 2.45) is 0 Å². The van der Waals surface area contributed by atoms with Gasteiger partial charge >= 0.3 is 0 Å². The maximum Gasteiger partial charge on any atom is 0.276 e. The number of aromatic nitrogens is 1. The quantitative estimate of drug-likeness (QED) is 0.447. The summed E-state index contributed by atoms with van der Waals surface area (Å²) < 4.78 is 0. The molecule has 6 nitrogen and oxygen atoms in total. The first-order valence-corrected chi connectivity index (χ1v) is 4.18. The lowest BCUT2D eigenvalue weighted by Gasteiger charge is -2.02. The van der Waals surface area contributed by atoms with E-state index in [0.717, 1.165) is 6.07 Å². The Morgan fingerprint density at radius 2 is 2.36 bits per heavy atom. The van der Waals surface area contributed by atoms with Gasteiger partial charge in [0.2, 0.25) is 0 Å². The average molecular weight is 218 g/mol. The number of rotatable bonds is 4. The molecule has 0 unspecified atom stereocenters. The van der Waals surface area contributed by atoms with Crippen LogP contribution < -0.4 is 5.32 Å². The highest BCUT2D eigenvalue weighted by molar-refractivity contribution is 6.29. The second kappa shape index (κ2) is 4.73. The average Bonchev–Trinajstić information content (AvgIpc) is 2.14. The SMILES string of the molecule is O=[N+]([O-])c1cc(Cl)nc(NCCO)c1. The number of aliphatic hydroxyl groups excluding tert-OH is 1. The standard InChI is InChI=1S/C7H8ClN3O3/c8-6-3-5(11(13)14)4-7(10-6)9-1-2-12/h3-4,12H,1-2H2,(H,9,10). The number of hydrogen-bond acceptors (Lipinski definition) is 5. The van der Waals surface area contributed by atoms with Gasteiger partial charge in [0.05, 0.1) is 23.7 Å². The van der Waals surface area contributed by atoms with E-state index in [1.54, 1.807) is 0 Å². The summed E-state index contributed by atoms with van der Waals surface area (Å²) in [5.41, 5.74) is -0.134. The lowest BCUT2D eigenvalue weighted by Crippen LogP contribution is -2.07. The smallest absolute Gasteiger partial charge is 0.276 e. The van der Waals surface area contributed by atoms with Crippen LogP contribution in [0.15, 0.2) is 12.1 Å². The summed E-state index contributed by atoms with van der Waals surface area (Å²) in [5, 5.41) is 21.7. The topological polar surface area (TPSA) is 88.3 Å². The Morgan fingerprint density at radius 3 is 2.93 bits per heavy atom. The van der Waals surface area contributed by atoms with Crippen LogP contribution in [-0.4, -0.2) is 28.2 Å².